The molecule has 0 unspecified atom stereocenters. The number of aryl methyl sites for hydroxylation is 1. The lowest BCUT2D eigenvalue weighted by atomic mass is 10.1. The molecule has 0 aliphatic rings. The summed E-state index contributed by atoms with van der Waals surface area (Å²) in [5, 5.41) is 4.99. The summed E-state index contributed by atoms with van der Waals surface area (Å²) < 4.78 is 0. The fraction of sp³-hybridized carbons (Fsp3) is 0.158. The zero-order chi connectivity index (χ0) is 18.7. The van der Waals surface area contributed by atoms with Gasteiger partial charge in [0.2, 0.25) is 0 Å². The second-order valence-corrected chi connectivity index (χ2v) is 7.99. The van der Waals surface area contributed by atoms with Crippen LogP contribution in [0.3, 0.4) is 0 Å². The number of aromatic nitrogens is 1. The van der Waals surface area contributed by atoms with Gasteiger partial charge in [-0.05, 0) is 42.8 Å². The Kier molecular flexibility index (Phi) is 7.95. The van der Waals surface area contributed by atoms with E-state index in [2.05, 4.69) is 17.2 Å². The van der Waals surface area contributed by atoms with Gasteiger partial charge in [0.1, 0.15) is 0 Å². The second kappa shape index (κ2) is 9.76. The maximum atomic E-state index is 12.4. The molecule has 142 valence electrons. The van der Waals surface area contributed by atoms with Crippen LogP contribution in [0.1, 0.15) is 28.6 Å². The Labute approximate surface area is 183 Å². The van der Waals surface area contributed by atoms with Gasteiger partial charge < -0.3 is 0 Å². The van der Waals surface area contributed by atoms with E-state index in [0.29, 0.717) is 25.8 Å². The molecule has 0 radical (unpaired) electrons. The predicted octanol–water partition coefficient (Wildman–Crippen LogP) is 7.40. The molecular weight excluding hydrogens is 446 g/mol. The van der Waals surface area contributed by atoms with Gasteiger partial charge in [0.25, 0.3) is 5.91 Å². The fourth-order valence-electron chi connectivity index (χ4n) is 2.49. The summed E-state index contributed by atoms with van der Waals surface area (Å²) in [5.41, 5.74) is 2.06. The van der Waals surface area contributed by atoms with Crippen LogP contribution in [-0.2, 0) is 6.42 Å². The summed E-state index contributed by atoms with van der Waals surface area (Å²) in [7, 11) is 0. The molecule has 3 nitrogen and oxygen atoms in total. The maximum Gasteiger partial charge on any atom is 0.257 e. The number of halogens is 4. The van der Waals surface area contributed by atoms with Gasteiger partial charge in [-0.25, -0.2) is 4.98 Å². The Morgan fingerprint density at radius 3 is 2.52 bits per heavy atom. The molecule has 0 aliphatic heterocycles. The van der Waals surface area contributed by atoms with E-state index >= 15 is 0 Å². The summed E-state index contributed by atoms with van der Waals surface area (Å²) in [4.78, 5) is 18.1. The van der Waals surface area contributed by atoms with Crippen molar-refractivity contribution in [1.82, 2.24) is 4.98 Å². The zero-order valence-electron chi connectivity index (χ0n) is 14.3. The van der Waals surface area contributed by atoms with Gasteiger partial charge in [-0.1, -0.05) is 54.2 Å². The molecule has 27 heavy (non-hydrogen) atoms. The van der Waals surface area contributed by atoms with Gasteiger partial charge >= 0.3 is 0 Å². The number of carbonyl (C=O) groups is 1. The van der Waals surface area contributed by atoms with E-state index in [1.807, 2.05) is 6.07 Å². The van der Waals surface area contributed by atoms with E-state index in [1.54, 1.807) is 36.4 Å². The Morgan fingerprint density at radius 1 is 1.11 bits per heavy atom. The molecule has 3 aromatic rings. The van der Waals surface area contributed by atoms with Crippen LogP contribution >= 0.6 is 58.5 Å². The molecule has 0 atom stereocenters. The van der Waals surface area contributed by atoms with Crippen LogP contribution in [0.25, 0.3) is 11.3 Å². The van der Waals surface area contributed by atoms with E-state index in [4.69, 9.17) is 34.8 Å². The van der Waals surface area contributed by atoms with Crippen molar-refractivity contribution in [3.05, 3.63) is 68.0 Å². The molecule has 0 saturated heterocycles. The molecule has 0 bridgehead atoms. The second-order valence-electron chi connectivity index (χ2n) is 5.63. The summed E-state index contributed by atoms with van der Waals surface area (Å²) in [6, 6.07) is 12.1. The number of amides is 1. The van der Waals surface area contributed by atoms with E-state index < -0.39 is 0 Å². The van der Waals surface area contributed by atoms with Gasteiger partial charge in [0.15, 0.2) is 5.13 Å². The minimum absolute atomic E-state index is 0. The van der Waals surface area contributed by atoms with Crippen molar-refractivity contribution in [2.75, 3.05) is 5.32 Å². The Balaban J connectivity index is 0.00000261. The topological polar surface area (TPSA) is 42.0 Å². The Hall–Kier alpha value is -1.30. The first-order valence-corrected chi connectivity index (χ1v) is 9.95. The van der Waals surface area contributed by atoms with Crippen molar-refractivity contribution in [2.45, 2.75) is 19.8 Å². The molecule has 1 N–H and O–H groups in total. The number of hydrogen-bond donors (Lipinski definition) is 1. The van der Waals surface area contributed by atoms with Crippen molar-refractivity contribution in [2.24, 2.45) is 0 Å². The van der Waals surface area contributed by atoms with Crippen molar-refractivity contribution in [3.8, 4) is 11.3 Å². The molecule has 3 rings (SSSR count). The minimum Gasteiger partial charge on any atom is -0.298 e. The van der Waals surface area contributed by atoms with Gasteiger partial charge in [-0.3, -0.25) is 10.1 Å². The number of nitrogens with one attached hydrogen (secondary N) is 1. The van der Waals surface area contributed by atoms with Crippen LogP contribution in [0.15, 0.2) is 42.5 Å². The first-order chi connectivity index (χ1) is 12.5. The number of benzene rings is 2. The number of nitrogens with zero attached hydrogens (tertiary/aromatic N) is 1. The van der Waals surface area contributed by atoms with E-state index in [-0.39, 0.29) is 18.3 Å². The highest BCUT2D eigenvalue weighted by Gasteiger charge is 2.17. The first kappa shape index (κ1) is 22.0. The van der Waals surface area contributed by atoms with E-state index in [1.165, 1.54) is 11.3 Å². The van der Waals surface area contributed by atoms with Gasteiger partial charge in [-0.2, -0.15) is 0 Å². The SMILES string of the molecule is CCCc1sc(NC(=O)c2cccc(Cl)c2)nc1-c1ccc(Cl)cc1Cl.Cl. The van der Waals surface area contributed by atoms with Gasteiger partial charge in [-0.15, -0.1) is 23.7 Å². The molecule has 0 saturated carbocycles. The summed E-state index contributed by atoms with van der Waals surface area (Å²) >= 11 is 19.7. The Morgan fingerprint density at radius 2 is 1.85 bits per heavy atom. The molecule has 2 aromatic carbocycles. The van der Waals surface area contributed by atoms with Crippen molar-refractivity contribution in [1.29, 1.82) is 0 Å². The average molecular weight is 462 g/mol. The quantitative estimate of drug-likeness (QED) is 0.430. The Bertz CT molecular complexity index is 959. The molecule has 0 aliphatic carbocycles. The maximum absolute atomic E-state index is 12.4. The highest BCUT2D eigenvalue weighted by atomic mass is 35.5. The van der Waals surface area contributed by atoms with Crippen LogP contribution in [0.4, 0.5) is 5.13 Å². The smallest absolute Gasteiger partial charge is 0.257 e. The first-order valence-electron chi connectivity index (χ1n) is 8.00. The molecular formula is C19H16Cl4N2OS. The molecule has 1 amide bonds. The van der Waals surface area contributed by atoms with Gasteiger partial charge in [0.05, 0.1) is 10.7 Å². The minimum atomic E-state index is -0.252. The number of hydrogen-bond acceptors (Lipinski definition) is 3. The number of thiazole rings is 1. The lowest BCUT2D eigenvalue weighted by Gasteiger charge is -2.04. The predicted molar refractivity (Wildman–Crippen MR) is 118 cm³/mol. The molecule has 1 heterocycles. The van der Waals surface area contributed by atoms with Crippen LogP contribution in [-0.4, -0.2) is 10.9 Å². The van der Waals surface area contributed by atoms with E-state index in [9.17, 15) is 4.79 Å². The lowest BCUT2D eigenvalue weighted by molar-refractivity contribution is 0.102. The normalized spacial score (nSPS) is 10.4. The third-order valence-corrected chi connectivity index (χ3v) is 5.48. The summed E-state index contributed by atoms with van der Waals surface area (Å²) in [5.74, 6) is -0.252. The largest absolute Gasteiger partial charge is 0.298 e. The third-order valence-electron chi connectivity index (χ3n) is 3.67. The lowest BCUT2D eigenvalue weighted by Crippen LogP contribution is -2.11. The van der Waals surface area contributed by atoms with Crippen LogP contribution in [0.5, 0.6) is 0 Å². The standard InChI is InChI=1S/C19H15Cl3N2OS.ClH/c1-2-4-16-17(14-8-7-13(21)10-15(14)22)23-19(26-16)24-18(25)11-5-3-6-12(20)9-11;/h3,5-10H,2,4H2,1H3,(H,23,24,25);1H. The van der Waals surface area contributed by atoms with Crippen LogP contribution in [0, 0.1) is 0 Å². The molecule has 0 spiro atoms. The van der Waals surface area contributed by atoms with Crippen molar-refractivity contribution < 1.29 is 4.79 Å². The summed E-state index contributed by atoms with van der Waals surface area (Å²) in [6.07, 6.45) is 1.81. The fourth-order valence-corrected chi connectivity index (χ4v) is 4.25. The van der Waals surface area contributed by atoms with Crippen molar-refractivity contribution >= 4 is 69.6 Å². The van der Waals surface area contributed by atoms with Crippen molar-refractivity contribution in [3.63, 3.8) is 0 Å². The molecule has 1 aromatic heterocycles. The van der Waals surface area contributed by atoms with E-state index in [0.717, 1.165) is 29.0 Å². The molecule has 8 heteroatoms. The molecule has 0 fully saturated rings. The zero-order valence-corrected chi connectivity index (χ0v) is 18.2. The number of carbonyl (C=O) groups excluding carboxylic acids is 1. The highest BCUT2D eigenvalue weighted by molar-refractivity contribution is 7.16. The highest BCUT2D eigenvalue weighted by Crippen LogP contribution is 2.37. The van der Waals surface area contributed by atoms with Gasteiger partial charge in [0, 0.05) is 26.0 Å². The number of anilines is 1. The summed E-state index contributed by atoms with van der Waals surface area (Å²) in [6.45, 7) is 2.09. The number of rotatable bonds is 5. The third kappa shape index (κ3) is 5.37. The average Bonchev–Trinajstić information content (AvgIpc) is 2.97. The van der Waals surface area contributed by atoms with Crippen LogP contribution in [0.2, 0.25) is 15.1 Å². The van der Waals surface area contributed by atoms with Crippen LogP contribution < -0.4 is 5.32 Å². The monoisotopic (exact) mass is 460 g/mol.